The van der Waals surface area contributed by atoms with Gasteiger partial charge in [0.1, 0.15) is 12.4 Å². The van der Waals surface area contributed by atoms with E-state index in [4.69, 9.17) is 16.3 Å². The number of amides is 1. The number of carbonyl (C=O) groups excluding carboxylic acids is 1. The Kier molecular flexibility index (Phi) is 7.13. The predicted octanol–water partition coefficient (Wildman–Crippen LogP) is 4.38. The zero-order chi connectivity index (χ0) is 19.1. The molecule has 0 aromatic heterocycles. The van der Waals surface area contributed by atoms with Crippen LogP contribution in [0.1, 0.15) is 35.2 Å². The van der Waals surface area contributed by atoms with Crippen molar-refractivity contribution in [3.05, 3.63) is 64.7 Å². The van der Waals surface area contributed by atoms with Crippen molar-refractivity contribution in [2.45, 2.75) is 25.9 Å². The maximum Gasteiger partial charge on any atom is 0.253 e. The lowest BCUT2D eigenvalue weighted by molar-refractivity contribution is 0.0686. The first-order valence-corrected chi connectivity index (χ1v) is 9.94. The summed E-state index contributed by atoms with van der Waals surface area (Å²) in [5.41, 5.74) is 1.69. The molecule has 0 atom stereocenters. The number of ether oxygens (including phenoxy) is 1. The number of halogens is 1. The summed E-state index contributed by atoms with van der Waals surface area (Å²) in [5, 5.41) is 3.90. The van der Waals surface area contributed by atoms with Gasteiger partial charge in [-0.25, -0.2) is 0 Å². The van der Waals surface area contributed by atoms with Crippen molar-refractivity contribution >= 4 is 17.5 Å². The minimum absolute atomic E-state index is 0.0928. The molecule has 144 valence electrons. The Morgan fingerprint density at radius 1 is 1.19 bits per heavy atom. The van der Waals surface area contributed by atoms with Crippen molar-refractivity contribution in [2.24, 2.45) is 5.92 Å². The topological polar surface area (TPSA) is 41.6 Å². The molecule has 1 fully saturated rings. The molecular formula is C22H27ClN2O2. The van der Waals surface area contributed by atoms with E-state index >= 15 is 0 Å². The van der Waals surface area contributed by atoms with E-state index in [1.54, 1.807) is 0 Å². The van der Waals surface area contributed by atoms with E-state index in [0.717, 1.165) is 38.0 Å². The van der Waals surface area contributed by atoms with E-state index in [1.807, 2.05) is 60.5 Å². The highest BCUT2D eigenvalue weighted by Gasteiger charge is 2.23. The Balaban J connectivity index is 1.56. The number of piperidine rings is 1. The number of hydrogen-bond donors (Lipinski definition) is 1. The number of benzene rings is 2. The normalized spacial score (nSPS) is 15.0. The average Bonchev–Trinajstić information content (AvgIpc) is 2.71. The van der Waals surface area contributed by atoms with Crippen molar-refractivity contribution in [2.75, 3.05) is 26.7 Å². The number of nitrogens with one attached hydrogen (secondary N) is 1. The molecule has 2 aromatic carbocycles. The second-order valence-corrected chi connectivity index (χ2v) is 7.51. The molecule has 27 heavy (non-hydrogen) atoms. The van der Waals surface area contributed by atoms with E-state index in [9.17, 15) is 4.79 Å². The van der Waals surface area contributed by atoms with Crippen molar-refractivity contribution in [3.63, 3.8) is 0 Å². The highest BCUT2D eigenvalue weighted by Crippen LogP contribution is 2.23. The summed E-state index contributed by atoms with van der Waals surface area (Å²) in [7, 11) is 1.99. The summed E-state index contributed by atoms with van der Waals surface area (Å²) in [6.45, 7) is 3.14. The molecule has 0 radical (unpaired) electrons. The predicted molar refractivity (Wildman–Crippen MR) is 109 cm³/mol. The molecule has 0 saturated carbocycles. The molecule has 1 heterocycles. The van der Waals surface area contributed by atoms with Crippen LogP contribution in [0.5, 0.6) is 5.75 Å². The smallest absolute Gasteiger partial charge is 0.253 e. The third kappa shape index (κ3) is 5.72. The summed E-state index contributed by atoms with van der Waals surface area (Å²) in [5.74, 6) is 1.51. The minimum atomic E-state index is 0.0928. The van der Waals surface area contributed by atoms with Gasteiger partial charge < -0.3 is 15.0 Å². The molecular weight excluding hydrogens is 360 g/mol. The summed E-state index contributed by atoms with van der Waals surface area (Å²) in [6.07, 6.45) is 3.35. The summed E-state index contributed by atoms with van der Waals surface area (Å²) in [6, 6.07) is 15.1. The fourth-order valence-electron chi connectivity index (χ4n) is 3.47. The van der Waals surface area contributed by atoms with Gasteiger partial charge in [-0.2, -0.15) is 0 Å². The zero-order valence-corrected chi connectivity index (χ0v) is 16.5. The number of likely N-dealkylation sites (tertiary alicyclic amines) is 1. The van der Waals surface area contributed by atoms with Gasteiger partial charge >= 0.3 is 0 Å². The summed E-state index contributed by atoms with van der Waals surface area (Å²) < 4.78 is 5.85. The van der Waals surface area contributed by atoms with E-state index in [2.05, 4.69) is 5.32 Å². The molecule has 1 N–H and O–H groups in total. The van der Waals surface area contributed by atoms with Gasteiger partial charge in [0.15, 0.2) is 0 Å². The second kappa shape index (κ2) is 9.77. The van der Waals surface area contributed by atoms with Crippen LogP contribution in [0.2, 0.25) is 5.02 Å². The maximum absolute atomic E-state index is 12.8. The first kappa shape index (κ1) is 19.7. The first-order chi connectivity index (χ1) is 13.2. The Morgan fingerprint density at radius 2 is 1.96 bits per heavy atom. The van der Waals surface area contributed by atoms with Crippen LogP contribution in [0.15, 0.2) is 48.5 Å². The van der Waals surface area contributed by atoms with Gasteiger partial charge in [0, 0.05) is 23.7 Å². The van der Waals surface area contributed by atoms with Crippen LogP contribution < -0.4 is 10.1 Å². The standard InChI is InChI=1S/C22H27ClN2O2/c1-24-11-8-17-9-12-25(13-10-17)22(26)19-5-3-7-21(15-19)27-16-18-4-2-6-20(23)14-18/h2-7,14-15,17,24H,8-13,16H2,1H3. The Labute approximate surface area is 166 Å². The van der Waals surface area contributed by atoms with Crippen LogP contribution in [-0.4, -0.2) is 37.5 Å². The van der Waals surface area contributed by atoms with Crippen molar-refractivity contribution < 1.29 is 9.53 Å². The third-order valence-electron chi connectivity index (χ3n) is 5.08. The SMILES string of the molecule is CNCCC1CCN(C(=O)c2cccc(OCc3cccc(Cl)c3)c2)CC1. The monoisotopic (exact) mass is 386 g/mol. The van der Waals surface area contributed by atoms with Gasteiger partial charge in [-0.1, -0.05) is 29.8 Å². The zero-order valence-electron chi connectivity index (χ0n) is 15.8. The molecule has 3 rings (SSSR count). The largest absolute Gasteiger partial charge is 0.489 e. The highest BCUT2D eigenvalue weighted by atomic mass is 35.5. The van der Waals surface area contributed by atoms with Crippen molar-refractivity contribution in [1.29, 1.82) is 0 Å². The van der Waals surface area contributed by atoms with Gasteiger partial charge in [0.05, 0.1) is 0 Å². The lowest BCUT2D eigenvalue weighted by Gasteiger charge is -2.32. The Morgan fingerprint density at radius 3 is 2.70 bits per heavy atom. The Hall–Kier alpha value is -2.04. The number of rotatable bonds is 7. The number of nitrogens with zero attached hydrogens (tertiary/aromatic N) is 1. The van der Waals surface area contributed by atoms with Gasteiger partial charge in [-0.05, 0) is 74.7 Å². The molecule has 1 aliphatic rings. The van der Waals surface area contributed by atoms with Gasteiger partial charge in [-0.3, -0.25) is 4.79 Å². The van der Waals surface area contributed by atoms with Crippen molar-refractivity contribution in [3.8, 4) is 5.75 Å². The summed E-state index contributed by atoms with van der Waals surface area (Å²) >= 11 is 6.01. The minimum Gasteiger partial charge on any atom is -0.489 e. The lowest BCUT2D eigenvalue weighted by atomic mass is 9.93. The fourth-order valence-corrected chi connectivity index (χ4v) is 3.68. The van der Waals surface area contributed by atoms with E-state index in [-0.39, 0.29) is 5.91 Å². The molecule has 1 aliphatic heterocycles. The van der Waals surface area contributed by atoms with Gasteiger partial charge in [0.2, 0.25) is 0 Å². The van der Waals surface area contributed by atoms with Crippen LogP contribution in [0.4, 0.5) is 0 Å². The molecule has 0 spiro atoms. The Bertz CT molecular complexity index is 757. The maximum atomic E-state index is 12.8. The second-order valence-electron chi connectivity index (χ2n) is 7.07. The van der Waals surface area contributed by atoms with Crippen LogP contribution in [0.25, 0.3) is 0 Å². The average molecular weight is 387 g/mol. The van der Waals surface area contributed by atoms with Crippen LogP contribution in [-0.2, 0) is 6.61 Å². The molecule has 5 heteroatoms. The first-order valence-electron chi connectivity index (χ1n) is 9.57. The molecule has 1 amide bonds. The lowest BCUT2D eigenvalue weighted by Crippen LogP contribution is -2.38. The number of hydrogen-bond acceptors (Lipinski definition) is 3. The quantitative estimate of drug-likeness (QED) is 0.767. The van der Waals surface area contributed by atoms with Crippen LogP contribution >= 0.6 is 11.6 Å². The molecule has 1 saturated heterocycles. The fraction of sp³-hybridized carbons (Fsp3) is 0.409. The van der Waals surface area contributed by atoms with Gasteiger partial charge in [0.25, 0.3) is 5.91 Å². The molecule has 2 aromatic rings. The van der Waals surface area contributed by atoms with E-state index < -0.39 is 0 Å². The van der Waals surface area contributed by atoms with Crippen LogP contribution in [0, 0.1) is 5.92 Å². The van der Waals surface area contributed by atoms with Crippen LogP contribution in [0.3, 0.4) is 0 Å². The van der Waals surface area contributed by atoms with Gasteiger partial charge in [-0.15, -0.1) is 0 Å². The molecule has 4 nitrogen and oxygen atoms in total. The molecule has 0 unspecified atom stereocenters. The number of carbonyl (C=O) groups is 1. The van der Waals surface area contributed by atoms with E-state index in [1.165, 1.54) is 6.42 Å². The summed E-state index contributed by atoms with van der Waals surface area (Å²) in [4.78, 5) is 14.8. The van der Waals surface area contributed by atoms with E-state index in [0.29, 0.717) is 28.9 Å². The third-order valence-corrected chi connectivity index (χ3v) is 5.31. The molecule has 0 aliphatic carbocycles. The molecule has 0 bridgehead atoms. The highest BCUT2D eigenvalue weighted by molar-refractivity contribution is 6.30. The van der Waals surface area contributed by atoms with Crippen molar-refractivity contribution in [1.82, 2.24) is 10.2 Å².